The molecule has 4 nitrogen and oxygen atoms in total. The van der Waals surface area contributed by atoms with Crippen molar-refractivity contribution in [1.82, 2.24) is 5.32 Å². The Balaban J connectivity index is 2.28. The van der Waals surface area contributed by atoms with Crippen LogP contribution in [-0.4, -0.2) is 44.2 Å². The van der Waals surface area contributed by atoms with Gasteiger partial charge in [0.05, 0.1) is 25.4 Å². The van der Waals surface area contributed by atoms with Crippen LogP contribution < -0.4 is 5.32 Å². The molecule has 0 spiro atoms. The van der Waals surface area contributed by atoms with Gasteiger partial charge in [-0.3, -0.25) is 0 Å². The van der Waals surface area contributed by atoms with E-state index in [4.69, 9.17) is 9.47 Å². The highest BCUT2D eigenvalue weighted by molar-refractivity contribution is 5.19. The summed E-state index contributed by atoms with van der Waals surface area (Å²) in [5.74, 6) is -0.256. The standard InChI is InChI=1S/C15H24FNO3/c1-11(9-19-3)20-10-15(18)8-17-12(2)13-5-4-6-14(16)7-13/h4-7,11-12,15,17-18H,8-10H2,1-3H3/t11?,12-,15?/m0/s1. The van der Waals surface area contributed by atoms with Crippen molar-refractivity contribution < 1.29 is 19.0 Å². The van der Waals surface area contributed by atoms with Crippen LogP contribution in [0.4, 0.5) is 4.39 Å². The summed E-state index contributed by atoms with van der Waals surface area (Å²) in [5, 5.41) is 13.0. The maximum Gasteiger partial charge on any atom is 0.123 e. The van der Waals surface area contributed by atoms with Gasteiger partial charge < -0.3 is 19.9 Å². The van der Waals surface area contributed by atoms with Crippen LogP contribution in [0.25, 0.3) is 0 Å². The third-order valence-electron chi connectivity index (χ3n) is 2.98. The van der Waals surface area contributed by atoms with Crippen LogP contribution in [0.3, 0.4) is 0 Å². The fourth-order valence-corrected chi connectivity index (χ4v) is 1.82. The molecule has 0 fully saturated rings. The van der Waals surface area contributed by atoms with Crippen molar-refractivity contribution in [3.05, 3.63) is 35.6 Å². The fourth-order valence-electron chi connectivity index (χ4n) is 1.82. The average molecular weight is 285 g/mol. The Morgan fingerprint density at radius 2 is 2.05 bits per heavy atom. The molecular weight excluding hydrogens is 261 g/mol. The summed E-state index contributed by atoms with van der Waals surface area (Å²) in [6.07, 6.45) is -0.652. The van der Waals surface area contributed by atoms with Crippen LogP contribution in [0.1, 0.15) is 25.5 Å². The van der Waals surface area contributed by atoms with E-state index in [1.54, 1.807) is 13.2 Å². The molecule has 2 unspecified atom stereocenters. The second-order valence-electron chi connectivity index (χ2n) is 4.94. The molecule has 0 radical (unpaired) electrons. The Hall–Kier alpha value is -1.01. The molecule has 0 aliphatic carbocycles. The Morgan fingerprint density at radius 1 is 1.30 bits per heavy atom. The molecule has 0 amide bonds. The fraction of sp³-hybridized carbons (Fsp3) is 0.600. The van der Waals surface area contributed by atoms with Gasteiger partial charge in [0.15, 0.2) is 0 Å². The van der Waals surface area contributed by atoms with E-state index >= 15 is 0 Å². The SMILES string of the molecule is COCC(C)OCC(O)CN[C@@H](C)c1cccc(F)c1. The average Bonchev–Trinajstić information content (AvgIpc) is 2.43. The number of nitrogens with one attached hydrogen (secondary N) is 1. The number of rotatable bonds is 9. The third kappa shape index (κ3) is 6.43. The first-order chi connectivity index (χ1) is 9.52. The number of aliphatic hydroxyl groups is 1. The van der Waals surface area contributed by atoms with E-state index in [9.17, 15) is 9.50 Å². The van der Waals surface area contributed by atoms with Gasteiger partial charge in [-0.1, -0.05) is 12.1 Å². The number of ether oxygens (including phenoxy) is 2. The first-order valence-electron chi connectivity index (χ1n) is 6.80. The lowest BCUT2D eigenvalue weighted by Gasteiger charge is -2.19. The zero-order valence-electron chi connectivity index (χ0n) is 12.3. The monoisotopic (exact) mass is 285 g/mol. The zero-order valence-corrected chi connectivity index (χ0v) is 12.3. The highest BCUT2D eigenvalue weighted by atomic mass is 19.1. The van der Waals surface area contributed by atoms with Crippen molar-refractivity contribution >= 4 is 0 Å². The number of methoxy groups -OCH3 is 1. The number of hydrogen-bond donors (Lipinski definition) is 2. The third-order valence-corrected chi connectivity index (χ3v) is 2.98. The minimum atomic E-state index is -0.606. The number of aliphatic hydroxyl groups excluding tert-OH is 1. The summed E-state index contributed by atoms with van der Waals surface area (Å²) < 4.78 is 23.5. The van der Waals surface area contributed by atoms with Gasteiger partial charge in [-0.15, -0.1) is 0 Å². The Morgan fingerprint density at radius 3 is 2.70 bits per heavy atom. The first-order valence-corrected chi connectivity index (χ1v) is 6.80. The smallest absolute Gasteiger partial charge is 0.123 e. The van der Waals surface area contributed by atoms with E-state index < -0.39 is 6.10 Å². The Labute approximate surface area is 119 Å². The van der Waals surface area contributed by atoms with Crippen LogP contribution >= 0.6 is 0 Å². The molecule has 1 aromatic carbocycles. The molecule has 5 heteroatoms. The number of halogens is 1. The zero-order chi connectivity index (χ0) is 15.0. The van der Waals surface area contributed by atoms with Gasteiger partial charge in [0, 0.05) is 19.7 Å². The van der Waals surface area contributed by atoms with Crippen molar-refractivity contribution in [3.8, 4) is 0 Å². The molecule has 1 aromatic rings. The normalized spacial score (nSPS) is 15.8. The van der Waals surface area contributed by atoms with Gasteiger partial charge in [-0.05, 0) is 31.5 Å². The molecule has 3 atom stereocenters. The van der Waals surface area contributed by atoms with Crippen molar-refractivity contribution in [1.29, 1.82) is 0 Å². The lowest BCUT2D eigenvalue weighted by molar-refractivity contribution is -0.0315. The van der Waals surface area contributed by atoms with Crippen LogP contribution in [0.15, 0.2) is 24.3 Å². The Bertz CT molecular complexity index is 389. The Kier molecular flexibility index (Phi) is 7.69. The molecule has 0 saturated heterocycles. The van der Waals surface area contributed by atoms with E-state index in [1.165, 1.54) is 12.1 Å². The largest absolute Gasteiger partial charge is 0.389 e. The van der Waals surface area contributed by atoms with Gasteiger partial charge >= 0.3 is 0 Å². The highest BCUT2D eigenvalue weighted by Gasteiger charge is 2.11. The summed E-state index contributed by atoms with van der Waals surface area (Å²) in [4.78, 5) is 0. The molecule has 0 aliphatic rings. The summed E-state index contributed by atoms with van der Waals surface area (Å²) >= 11 is 0. The molecular formula is C15H24FNO3. The van der Waals surface area contributed by atoms with Crippen molar-refractivity contribution in [2.75, 3.05) is 26.9 Å². The van der Waals surface area contributed by atoms with Crippen LogP contribution in [0.2, 0.25) is 0 Å². The second-order valence-corrected chi connectivity index (χ2v) is 4.94. The quantitative estimate of drug-likeness (QED) is 0.727. The van der Waals surface area contributed by atoms with E-state index in [0.717, 1.165) is 5.56 Å². The van der Waals surface area contributed by atoms with Crippen molar-refractivity contribution in [2.45, 2.75) is 32.1 Å². The van der Waals surface area contributed by atoms with Gasteiger partial charge in [-0.25, -0.2) is 4.39 Å². The van der Waals surface area contributed by atoms with Gasteiger partial charge in [-0.2, -0.15) is 0 Å². The summed E-state index contributed by atoms with van der Waals surface area (Å²) in [6, 6.07) is 6.40. The molecule has 2 N–H and O–H groups in total. The molecule has 0 heterocycles. The maximum absolute atomic E-state index is 13.1. The lowest BCUT2D eigenvalue weighted by atomic mass is 10.1. The highest BCUT2D eigenvalue weighted by Crippen LogP contribution is 2.13. The lowest BCUT2D eigenvalue weighted by Crippen LogP contribution is -2.33. The van der Waals surface area contributed by atoms with E-state index in [0.29, 0.717) is 13.2 Å². The van der Waals surface area contributed by atoms with E-state index in [2.05, 4.69) is 5.32 Å². The van der Waals surface area contributed by atoms with Crippen LogP contribution in [0.5, 0.6) is 0 Å². The molecule has 20 heavy (non-hydrogen) atoms. The molecule has 0 aromatic heterocycles. The summed E-state index contributed by atoms with van der Waals surface area (Å²) in [5.41, 5.74) is 0.853. The topological polar surface area (TPSA) is 50.7 Å². The van der Waals surface area contributed by atoms with E-state index in [1.807, 2.05) is 19.9 Å². The summed E-state index contributed by atoms with van der Waals surface area (Å²) in [6.45, 7) is 4.94. The maximum atomic E-state index is 13.1. The second kappa shape index (κ2) is 9.02. The predicted octanol–water partition coefficient (Wildman–Crippen LogP) is 1.89. The number of benzene rings is 1. The van der Waals surface area contributed by atoms with Gasteiger partial charge in [0.1, 0.15) is 5.82 Å². The molecule has 114 valence electrons. The minimum Gasteiger partial charge on any atom is -0.389 e. The van der Waals surface area contributed by atoms with Crippen LogP contribution in [-0.2, 0) is 9.47 Å². The predicted molar refractivity (Wildman–Crippen MR) is 76.1 cm³/mol. The van der Waals surface area contributed by atoms with E-state index in [-0.39, 0.29) is 24.6 Å². The van der Waals surface area contributed by atoms with Crippen LogP contribution in [0, 0.1) is 5.82 Å². The molecule has 0 bridgehead atoms. The molecule has 1 rings (SSSR count). The molecule has 0 saturated carbocycles. The number of hydrogen-bond acceptors (Lipinski definition) is 4. The molecule has 0 aliphatic heterocycles. The van der Waals surface area contributed by atoms with Crippen molar-refractivity contribution in [2.24, 2.45) is 0 Å². The minimum absolute atomic E-state index is 0.0308. The van der Waals surface area contributed by atoms with Gasteiger partial charge in [0.2, 0.25) is 0 Å². The first kappa shape index (κ1) is 17.0. The van der Waals surface area contributed by atoms with Gasteiger partial charge in [0.25, 0.3) is 0 Å². The summed E-state index contributed by atoms with van der Waals surface area (Å²) in [7, 11) is 1.61. The van der Waals surface area contributed by atoms with Crippen molar-refractivity contribution in [3.63, 3.8) is 0 Å².